The first-order valence-electron chi connectivity index (χ1n) is 4.63. The SMILES string of the molecule is CC(C)CCC(C)[Si](C)(C)N. The number of nitrogens with two attached hydrogens (primary N) is 1. The van der Waals surface area contributed by atoms with Crippen molar-refractivity contribution in [3.63, 3.8) is 0 Å². The van der Waals surface area contributed by atoms with E-state index in [0.717, 1.165) is 11.5 Å². The van der Waals surface area contributed by atoms with Crippen LogP contribution in [0.25, 0.3) is 0 Å². The molecule has 0 amide bonds. The Hall–Kier alpha value is 0.177. The van der Waals surface area contributed by atoms with E-state index in [0.29, 0.717) is 0 Å². The number of hydrogen-bond donors (Lipinski definition) is 1. The zero-order chi connectivity index (χ0) is 9.07. The van der Waals surface area contributed by atoms with Crippen LogP contribution in [0.2, 0.25) is 18.6 Å². The van der Waals surface area contributed by atoms with E-state index >= 15 is 0 Å². The second kappa shape index (κ2) is 4.26. The summed E-state index contributed by atoms with van der Waals surface area (Å²) < 4.78 is 0. The van der Waals surface area contributed by atoms with E-state index in [2.05, 4.69) is 33.9 Å². The summed E-state index contributed by atoms with van der Waals surface area (Å²) in [6, 6.07) is 0. The molecule has 1 atom stereocenters. The molecule has 2 N–H and O–H groups in total. The van der Waals surface area contributed by atoms with Crippen LogP contribution in [0.1, 0.15) is 33.6 Å². The first-order chi connectivity index (χ1) is 4.84. The van der Waals surface area contributed by atoms with Gasteiger partial charge in [-0.15, -0.1) is 0 Å². The molecule has 0 saturated carbocycles. The van der Waals surface area contributed by atoms with Gasteiger partial charge in [-0.1, -0.05) is 46.7 Å². The second-order valence-electron chi connectivity index (χ2n) is 4.69. The Kier molecular flexibility index (Phi) is 4.33. The highest BCUT2D eigenvalue weighted by Crippen LogP contribution is 2.23. The van der Waals surface area contributed by atoms with E-state index < -0.39 is 8.24 Å². The van der Waals surface area contributed by atoms with E-state index in [4.69, 9.17) is 5.40 Å². The lowest BCUT2D eigenvalue weighted by molar-refractivity contribution is 0.543. The van der Waals surface area contributed by atoms with Gasteiger partial charge in [-0.05, 0) is 11.5 Å². The summed E-state index contributed by atoms with van der Waals surface area (Å²) in [5, 5.41) is 6.10. The molecule has 0 aliphatic rings. The average molecular weight is 173 g/mol. The van der Waals surface area contributed by atoms with Crippen molar-refractivity contribution in [2.24, 2.45) is 11.3 Å². The molecule has 0 spiro atoms. The average Bonchev–Trinajstić information content (AvgIpc) is 1.80. The lowest BCUT2D eigenvalue weighted by atomic mass is 10.1. The van der Waals surface area contributed by atoms with Crippen molar-refractivity contribution in [3.8, 4) is 0 Å². The third-order valence-corrected chi connectivity index (χ3v) is 5.28. The molecule has 0 aromatic heterocycles. The maximum absolute atomic E-state index is 6.10. The predicted octanol–water partition coefficient (Wildman–Crippen LogP) is 2.98. The Bertz CT molecular complexity index is 105. The summed E-state index contributed by atoms with van der Waals surface area (Å²) in [5.41, 5.74) is 0.768. The highest BCUT2D eigenvalue weighted by molar-refractivity contribution is 6.75. The van der Waals surface area contributed by atoms with E-state index in [9.17, 15) is 0 Å². The predicted molar refractivity (Wildman–Crippen MR) is 55.2 cm³/mol. The van der Waals surface area contributed by atoms with Crippen LogP contribution in [0.4, 0.5) is 0 Å². The minimum Gasteiger partial charge on any atom is -0.351 e. The molecule has 0 aromatic rings. The topological polar surface area (TPSA) is 26.0 Å². The first-order valence-corrected chi connectivity index (χ1v) is 7.78. The molecule has 0 aliphatic carbocycles. The Labute approximate surface area is 72.5 Å². The van der Waals surface area contributed by atoms with Crippen LogP contribution >= 0.6 is 0 Å². The van der Waals surface area contributed by atoms with Gasteiger partial charge in [0.25, 0.3) is 0 Å². The van der Waals surface area contributed by atoms with Crippen LogP contribution < -0.4 is 5.40 Å². The largest absolute Gasteiger partial charge is 0.351 e. The van der Waals surface area contributed by atoms with Gasteiger partial charge in [0.1, 0.15) is 8.24 Å². The van der Waals surface area contributed by atoms with Crippen LogP contribution in [0.15, 0.2) is 0 Å². The van der Waals surface area contributed by atoms with Crippen molar-refractivity contribution in [2.45, 2.75) is 52.2 Å². The quantitative estimate of drug-likeness (QED) is 0.650. The summed E-state index contributed by atoms with van der Waals surface area (Å²) >= 11 is 0. The van der Waals surface area contributed by atoms with Gasteiger partial charge in [0.05, 0.1) is 0 Å². The van der Waals surface area contributed by atoms with Crippen LogP contribution in [-0.2, 0) is 0 Å². The fraction of sp³-hybridized carbons (Fsp3) is 1.00. The van der Waals surface area contributed by atoms with Gasteiger partial charge in [-0.3, -0.25) is 0 Å². The molecule has 0 aromatic carbocycles. The summed E-state index contributed by atoms with van der Waals surface area (Å²) in [4.78, 5) is 0. The summed E-state index contributed by atoms with van der Waals surface area (Å²) in [5.74, 6) is 0.828. The molecule has 0 saturated heterocycles. The van der Waals surface area contributed by atoms with Crippen LogP contribution in [0.5, 0.6) is 0 Å². The smallest absolute Gasteiger partial charge is 0.119 e. The molecule has 0 bridgehead atoms. The van der Waals surface area contributed by atoms with Crippen LogP contribution in [0.3, 0.4) is 0 Å². The lowest BCUT2D eigenvalue weighted by Crippen LogP contribution is -2.42. The fourth-order valence-corrected chi connectivity index (χ4v) is 1.87. The van der Waals surface area contributed by atoms with Crippen molar-refractivity contribution in [3.05, 3.63) is 0 Å². The van der Waals surface area contributed by atoms with E-state index in [-0.39, 0.29) is 0 Å². The normalized spacial score (nSPS) is 15.5. The maximum Gasteiger partial charge on any atom is 0.119 e. The molecule has 68 valence electrons. The minimum atomic E-state index is -1.33. The molecule has 0 fully saturated rings. The van der Waals surface area contributed by atoms with Crippen molar-refractivity contribution < 1.29 is 0 Å². The molecular weight excluding hydrogens is 150 g/mol. The third-order valence-electron chi connectivity index (χ3n) is 2.45. The summed E-state index contributed by atoms with van der Waals surface area (Å²) in [6.07, 6.45) is 2.64. The van der Waals surface area contributed by atoms with Gasteiger partial charge in [0.2, 0.25) is 0 Å². The molecule has 2 heteroatoms. The Balaban J connectivity index is 3.61. The molecule has 0 heterocycles. The fourth-order valence-electron chi connectivity index (χ4n) is 0.955. The van der Waals surface area contributed by atoms with Crippen LogP contribution in [0, 0.1) is 5.92 Å². The molecule has 0 aliphatic heterocycles. The molecule has 1 unspecified atom stereocenters. The van der Waals surface area contributed by atoms with E-state index in [1.807, 2.05) is 0 Å². The van der Waals surface area contributed by atoms with Gasteiger partial charge in [0, 0.05) is 0 Å². The molecule has 11 heavy (non-hydrogen) atoms. The Morgan fingerprint density at radius 2 is 1.55 bits per heavy atom. The molecular formula is C9H23NSi. The number of rotatable bonds is 4. The zero-order valence-electron chi connectivity index (χ0n) is 8.65. The van der Waals surface area contributed by atoms with E-state index in [1.165, 1.54) is 12.8 Å². The monoisotopic (exact) mass is 173 g/mol. The Morgan fingerprint density at radius 3 is 1.82 bits per heavy atom. The van der Waals surface area contributed by atoms with Crippen molar-refractivity contribution in [1.29, 1.82) is 0 Å². The highest BCUT2D eigenvalue weighted by Gasteiger charge is 2.22. The lowest BCUT2D eigenvalue weighted by Gasteiger charge is -2.25. The number of hydrogen-bond acceptors (Lipinski definition) is 1. The Morgan fingerprint density at radius 1 is 1.09 bits per heavy atom. The summed E-state index contributed by atoms with van der Waals surface area (Å²) in [7, 11) is -1.33. The van der Waals surface area contributed by atoms with Crippen molar-refractivity contribution in [2.75, 3.05) is 0 Å². The minimum absolute atomic E-state index is 0.768. The highest BCUT2D eigenvalue weighted by atomic mass is 28.3. The van der Waals surface area contributed by atoms with Gasteiger partial charge < -0.3 is 5.40 Å². The van der Waals surface area contributed by atoms with Gasteiger partial charge in [0.15, 0.2) is 0 Å². The molecule has 0 radical (unpaired) electrons. The van der Waals surface area contributed by atoms with Gasteiger partial charge >= 0.3 is 0 Å². The van der Waals surface area contributed by atoms with Crippen LogP contribution in [-0.4, -0.2) is 8.24 Å². The maximum atomic E-state index is 6.10. The van der Waals surface area contributed by atoms with E-state index in [1.54, 1.807) is 0 Å². The standard InChI is InChI=1S/C9H23NSi/c1-8(2)6-7-9(3)11(4,5)10/h8-9H,6-7,10H2,1-5H3. The first kappa shape index (κ1) is 11.2. The van der Waals surface area contributed by atoms with Gasteiger partial charge in [-0.2, -0.15) is 0 Å². The summed E-state index contributed by atoms with van der Waals surface area (Å²) in [6.45, 7) is 11.3. The van der Waals surface area contributed by atoms with Gasteiger partial charge in [-0.25, -0.2) is 0 Å². The molecule has 0 rings (SSSR count). The second-order valence-corrected chi connectivity index (χ2v) is 9.32. The molecule has 1 nitrogen and oxygen atoms in total. The van der Waals surface area contributed by atoms with Crippen molar-refractivity contribution >= 4 is 8.24 Å². The van der Waals surface area contributed by atoms with Crippen molar-refractivity contribution in [1.82, 2.24) is 0 Å². The zero-order valence-corrected chi connectivity index (χ0v) is 9.65. The third kappa shape index (κ3) is 5.45.